The zero-order valence-corrected chi connectivity index (χ0v) is 8.14. The van der Waals surface area contributed by atoms with Gasteiger partial charge in [-0.05, 0) is 12.1 Å². The Bertz CT molecular complexity index is 407. The first-order valence-corrected chi connectivity index (χ1v) is 5.15. The Labute approximate surface area is 81.5 Å². The Balaban J connectivity index is 2.08. The van der Waals surface area contributed by atoms with Crippen molar-refractivity contribution in [3.63, 3.8) is 0 Å². The lowest BCUT2D eigenvalue weighted by atomic mass is 10.3. The minimum absolute atomic E-state index is 0.752. The lowest BCUT2D eigenvalue weighted by molar-refractivity contribution is -0.330. The van der Waals surface area contributed by atoms with E-state index in [1.165, 1.54) is 5.01 Å². The summed E-state index contributed by atoms with van der Waals surface area (Å²) in [5.74, 6) is 0. The fourth-order valence-corrected chi connectivity index (χ4v) is 1.52. The molecule has 1 heterocycles. The van der Waals surface area contributed by atoms with Gasteiger partial charge in [-0.15, -0.1) is 8.57 Å². The van der Waals surface area contributed by atoms with Crippen LogP contribution in [0.5, 0.6) is 0 Å². The Morgan fingerprint density at radius 3 is 2.29 bits per heavy atom. The van der Waals surface area contributed by atoms with E-state index in [1.54, 1.807) is 19.2 Å². The van der Waals surface area contributed by atoms with Crippen molar-refractivity contribution in [1.82, 2.24) is 5.34 Å². The Kier molecular flexibility index (Phi) is 2.16. The van der Waals surface area contributed by atoms with E-state index in [2.05, 4.69) is 8.57 Å². The van der Waals surface area contributed by atoms with Gasteiger partial charge < -0.3 is 0 Å². The average molecular weight is 216 g/mol. The number of hydrogen-bond acceptors (Lipinski definition) is 6. The first-order valence-electron chi connectivity index (χ1n) is 3.81. The summed E-state index contributed by atoms with van der Waals surface area (Å²) in [4.78, 5) is 0. The van der Waals surface area contributed by atoms with Crippen LogP contribution in [0, 0.1) is 0 Å². The number of benzene rings is 1. The van der Waals surface area contributed by atoms with E-state index < -0.39 is 10.4 Å². The summed E-state index contributed by atoms with van der Waals surface area (Å²) in [6, 6.07) is 9.07. The second-order valence-corrected chi connectivity index (χ2v) is 3.77. The van der Waals surface area contributed by atoms with Crippen LogP contribution >= 0.6 is 0 Å². The van der Waals surface area contributed by atoms with Crippen LogP contribution in [0.15, 0.2) is 30.3 Å². The summed E-state index contributed by atoms with van der Waals surface area (Å²) in [5, 5.41) is 2.20. The summed E-state index contributed by atoms with van der Waals surface area (Å²) in [6.07, 6.45) is 0. The van der Waals surface area contributed by atoms with Gasteiger partial charge in [0.25, 0.3) is 0 Å². The number of hydrogen-bond donors (Lipinski definition) is 0. The van der Waals surface area contributed by atoms with Crippen molar-refractivity contribution in [3.8, 4) is 0 Å². The molecule has 1 aromatic rings. The molecule has 2 rings (SSSR count). The standard InChI is InChI=1S/C7H8N2O4S/c1-8(7-5-3-2-4-6-7)9-12-14(10,11)13-9/h2-6H,1H3. The van der Waals surface area contributed by atoms with Gasteiger partial charge in [0, 0.05) is 7.05 Å². The monoisotopic (exact) mass is 216 g/mol. The van der Waals surface area contributed by atoms with E-state index in [0.29, 0.717) is 0 Å². The summed E-state index contributed by atoms with van der Waals surface area (Å²) in [6.45, 7) is 0. The van der Waals surface area contributed by atoms with Crippen LogP contribution in [-0.4, -0.2) is 20.8 Å². The third kappa shape index (κ3) is 1.70. The van der Waals surface area contributed by atoms with Crippen LogP contribution in [0.2, 0.25) is 0 Å². The number of hydrazine groups is 1. The quantitative estimate of drug-likeness (QED) is 0.715. The molecule has 0 N–H and O–H groups in total. The number of rotatable bonds is 2. The van der Waals surface area contributed by atoms with E-state index >= 15 is 0 Å². The normalized spacial score (nSPS) is 20.1. The predicted octanol–water partition coefficient (Wildman–Crippen LogP) is 0.461. The molecule has 0 spiro atoms. The zero-order chi connectivity index (χ0) is 10.2. The summed E-state index contributed by atoms with van der Waals surface area (Å²) >= 11 is 0. The summed E-state index contributed by atoms with van der Waals surface area (Å²) in [7, 11) is -2.18. The number of nitrogens with zero attached hydrogens (tertiary/aromatic N) is 2. The predicted molar refractivity (Wildman–Crippen MR) is 47.8 cm³/mol. The summed E-state index contributed by atoms with van der Waals surface area (Å²) in [5.41, 5.74) is 0.752. The molecule has 1 aliphatic heterocycles. The van der Waals surface area contributed by atoms with Gasteiger partial charge in [0.2, 0.25) is 0 Å². The van der Waals surface area contributed by atoms with Crippen LogP contribution in [-0.2, 0) is 19.0 Å². The van der Waals surface area contributed by atoms with Crippen LogP contribution in [0.25, 0.3) is 0 Å². The van der Waals surface area contributed by atoms with E-state index in [4.69, 9.17) is 0 Å². The Morgan fingerprint density at radius 2 is 1.79 bits per heavy atom. The van der Waals surface area contributed by atoms with E-state index in [-0.39, 0.29) is 0 Å². The maximum absolute atomic E-state index is 10.5. The van der Waals surface area contributed by atoms with Crippen LogP contribution in [0.1, 0.15) is 0 Å². The van der Waals surface area contributed by atoms with Gasteiger partial charge in [0.1, 0.15) is 0 Å². The number of para-hydroxylation sites is 1. The molecule has 0 saturated carbocycles. The van der Waals surface area contributed by atoms with E-state index in [0.717, 1.165) is 11.0 Å². The topological polar surface area (TPSA) is 59.1 Å². The second kappa shape index (κ2) is 3.21. The molecule has 0 unspecified atom stereocenters. The first-order chi connectivity index (χ1) is 6.58. The molecular weight excluding hydrogens is 208 g/mol. The van der Waals surface area contributed by atoms with Crippen molar-refractivity contribution in [2.45, 2.75) is 0 Å². The molecule has 0 amide bonds. The highest BCUT2D eigenvalue weighted by molar-refractivity contribution is 7.82. The highest BCUT2D eigenvalue weighted by atomic mass is 32.3. The van der Waals surface area contributed by atoms with Crippen molar-refractivity contribution >= 4 is 16.1 Å². The molecule has 0 radical (unpaired) electrons. The molecule has 0 bridgehead atoms. The molecule has 76 valence electrons. The summed E-state index contributed by atoms with van der Waals surface area (Å²) < 4.78 is 29.7. The zero-order valence-electron chi connectivity index (χ0n) is 7.32. The molecule has 1 aliphatic rings. The van der Waals surface area contributed by atoms with Gasteiger partial charge in [-0.1, -0.05) is 18.2 Å². The maximum atomic E-state index is 10.5. The van der Waals surface area contributed by atoms with Crippen molar-refractivity contribution in [3.05, 3.63) is 30.3 Å². The second-order valence-electron chi connectivity index (χ2n) is 2.65. The third-order valence-electron chi connectivity index (χ3n) is 1.68. The third-order valence-corrected chi connectivity index (χ3v) is 2.31. The van der Waals surface area contributed by atoms with E-state index in [9.17, 15) is 8.42 Å². The van der Waals surface area contributed by atoms with Crippen LogP contribution in [0.4, 0.5) is 5.69 Å². The molecule has 0 aliphatic carbocycles. The minimum atomic E-state index is -3.80. The first kappa shape index (κ1) is 9.41. The number of anilines is 1. The van der Waals surface area contributed by atoms with Gasteiger partial charge >= 0.3 is 10.4 Å². The van der Waals surface area contributed by atoms with Gasteiger partial charge in [-0.25, -0.2) is 0 Å². The largest absolute Gasteiger partial charge is 0.439 e. The van der Waals surface area contributed by atoms with Gasteiger partial charge in [-0.2, -0.15) is 8.42 Å². The van der Waals surface area contributed by atoms with Crippen LogP contribution < -0.4 is 5.01 Å². The molecule has 0 atom stereocenters. The maximum Gasteiger partial charge on any atom is 0.439 e. The van der Waals surface area contributed by atoms with Crippen molar-refractivity contribution in [2.75, 3.05) is 12.1 Å². The Morgan fingerprint density at radius 1 is 1.21 bits per heavy atom. The van der Waals surface area contributed by atoms with Crippen molar-refractivity contribution in [1.29, 1.82) is 0 Å². The fraction of sp³-hybridized carbons (Fsp3) is 0.143. The van der Waals surface area contributed by atoms with E-state index in [1.807, 2.05) is 18.2 Å². The lowest BCUT2D eigenvalue weighted by Crippen LogP contribution is -2.51. The molecule has 0 aromatic heterocycles. The highest BCUT2D eigenvalue weighted by Gasteiger charge is 2.38. The average Bonchev–Trinajstić information content (AvgIpc) is 2.14. The molecule has 7 heteroatoms. The van der Waals surface area contributed by atoms with Crippen molar-refractivity contribution in [2.24, 2.45) is 0 Å². The van der Waals surface area contributed by atoms with Gasteiger partial charge in [0.05, 0.1) is 11.0 Å². The molecule has 14 heavy (non-hydrogen) atoms. The Hall–Kier alpha value is -1.15. The molecular formula is C7H8N2O4S. The SMILES string of the molecule is CN(c1ccccc1)N1OS(=O)(=O)O1. The lowest BCUT2D eigenvalue weighted by Gasteiger charge is -2.33. The molecule has 1 fully saturated rings. The molecule has 1 saturated heterocycles. The van der Waals surface area contributed by atoms with Gasteiger partial charge in [-0.3, -0.25) is 5.01 Å². The molecule has 1 aromatic carbocycles. The minimum Gasteiger partial charge on any atom is -0.260 e. The van der Waals surface area contributed by atoms with Crippen molar-refractivity contribution < 1.29 is 17.0 Å². The van der Waals surface area contributed by atoms with Crippen LogP contribution in [0.3, 0.4) is 0 Å². The van der Waals surface area contributed by atoms with Gasteiger partial charge in [0.15, 0.2) is 0 Å². The molecule has 6 nitrogen and oxygen atoms in total. The smallest absolute Gasteiger partial charge is 0.260 e. The fourth-order valence-electron chi connectivity index (χ4n) is 1.000. The highest BCUT2D eigenvalue weighted by Crippen LogP contribution is 2.23.